The lowest BCUT2D eigenvalue weighted by molar-refractivity contribution is -0.125. The zero-order valence-electron chi connectivity index (χ0n) is 22.1. The highest BCUT2D eigenvalue weighted by Crippen LogP contribution is 2.68. The summed E-state index contributed by atoms with van der Waals surface area (Å²) < 4.78 is 66.3. The van der Waals surface area contributed by atoms with Crippen molar-refractivity contribution >= 4 is 38.2 Å². The van der Waals surface area contributed by atoms with Gasteiger partial charge < -0.3 is 5.11 Å². The third-order valence-electron chi connectivity index (χ3n) is 10.8. The maximum atomic E-state index is 13.4. The molecule has 0 aliphatic heterocycles. The summed E-state index contributed by atoms with van der Waals surface area (Å²) in [5, 5.41) is 11.2. The zero-order chi connectivity index (χ0) is 28.1. The minimum absolute atomic E-state index is 0.00562. The molecule has 4 aliphatic rings. The van der Waals surface area contributed by atoms with E-state index in [1.807, 2.05) is 64.1 Å². The molecule has 0 aromatic heterocycles. The fourth-order valence-electron chi connectivity index (χ4n) is 8.51. The van der Waals surface area contributed by atoms with Crippen molar-refractivity contribution in [2.45, 2.75) is 59.5 Å². The molecule has 4 saturated carbocycles. The van der Waals surface area contributed by atoms with Gasteiger partial charge in [-0.2, -0.15) is 16.8 Å². The van der Waals surface area contributed by atoms with Crippen molar-refractivity contribution in [3.63, 3.8) is 0 Å². The van der Waals surface area contributed by atoms with E-state index in [1.165, 1.54) is 0 Å². The van der Waals surface area contributed by atoms with Gasteiger partial charge in [0.1, 0.15) is 0 Å². The van der Waals surface area contributed by atoms with Crippen molar-refractivity contribution in [3.05, 3.63) is 46.5 Å². The lowest BCUT2D eigenvalue weighted by atomic mass is 9.70. The molecule has 0 saturated heterocycles. The van der Waals surface area contributed by atoms with Crippen LogP contribution in [0.1, 0.15) is 64.5 Å². The molecule has 0 spiro atoms. The number of rotatable bonds is 6. The molecule has 3 N–H and O–H groups in total. The highest BCUT2D eigenvalue weighted by Gasteiger charge is 2.68. The van der Waals surface area contributed by atoms with Crippen LogP contribution in [0.2, 0.25) is 0 Å². The first-order valence-corrected chi connectivity index (χ1v) is 16.2. The van der Waals surface area contributed by atoms with Crippen molar-refractivity contribution in [3.8, 4) is 0 Å². The first-order chi connectivity index (χ1) is 17.3. The average Bonchev–Trinajstić information content (AvgIpc) is 3.27. The number of Topliss-reactive ketones (excluding diaryl/α,β-unsaturated/α-hetero) is 1. The molecule has 8 nitrogen and oxygen atoms in total. The Labute approximate surface area is 224 Å². The molecule has 4 aliphatic carbocycles. The van der Waals surface area contributed by atoms with Gasteiger partial charge in [0.2, 0.25) is 0 Å². The number of hydrogen-bond donors (Lipinski definition) is 3. The van der Waals surface area contributed by atoms with E-state index in [4.69, 9.17) is 0 Å². The summed E-state index contributed by atoms with van der Waals surface area (Å²) in [7, 11) is -8.59. The average molecular weight is 565 g/mol. The Morgan fingerprint density at radius 1 is 0.816 bits per heavy atom. The van der Waals surface area contributed by atoms with E-state index in [1.54, 1.807) is 0 Å². The second kappa shape index (κ2) is 8.33. The zero-order valence-corrected chi connectivity index (χ0v) is 23.8. The predicted molar refractivity (Wildman–Crippen MR) is 144 cm³/mol. The van der Waals surface area contributed by atoms with Gasteiger partial charge >= 0.3 is 0 Å². The number of hydrogen-bond acceptors (Lipinski definition) is 6. The molecule has 0 radical (unpaired) electrons. The van der Waals surface area contributed by atoms with E-state index in [0.717, 1.165) is 23.1 Å². The summed E-state index contributed by atoms with van der Waals surface area (Å²) in [4.78, 5) is 13.4. The van der Waals surface area contributed by atoms with Crippen LogP contribution in [0.25, 0.3) is 12.2 Å². The standard InChI is InChI=1S/C28H36O8S2/c1-25(2)21-9-11-27(25,15-37(31,32)33)23(29)19(21)13-17-5-7-18(8-6-17)14-20-22-10-12-28(24(20)30,26(22,3)4)16-38(34,35)36/h5-8,13-14,21-23,29H,9-12,15-16H2,1-4H3,(H,31,32,33)(H,34,35,36)/b19-13+,20-14+. The number of carbonyl (C=O) groups is 1. The molecule has 5 rings (SSSR count). The third kappa shape index (κ3) is 3.90. The second-order valence-electron chi connectivity index (χ2n) is 13.0. The molecule has 5 unspecified atom stereocenters. The maximum absolute atomic E-state index is 13.4. The molecule has 4 bridgehead atoms. The van der Waals surface area contributed by atoms with E-state index in [0.29, 0.717) is 24.8 Å². The van der Waals surface area contributed by atoms with Gasteiger partial charge in [-0.1, -0.05) is 58.0 Å². The molecule has 5 atom stereocenters. The second-order valence-corrected chi connectivity index (χ2v) is 15.9. The SMILES string of the molecule is CC1(C)C2CCC1(CS(=O)(=O)O)C(=O)/C2=C/c1ccc(/C=C2\C3CCC(CS(=O)(=O)O)(C2O)C3(C)C)cc1. The molecule has 10 heteroatoms. The largest absolute Gasteiger partial charge is 0.388 e. The molecule has 0 amide bonds. The minimum Gasteiger partial charge on any atom is -0.388 e. The Balaban J connectivity index is 1.43. The van der Waals surface area contributed by atoms with E-state index >= 15 is 0 Å². The molecule has 208 valence electrons. The Kier molecular flexibility index (Phi) is 6.07. The van der Waals surface area contributed by atoms with Crippen LogP contribution >= 0.6 is 0 Å². The van der Waals surface area contributed by atoms with Gasteiger partial charge in [-0.25, -0.2) is 0 Å². The Morgan fingerprint density at radius 3 is 1.89 bits per heavy atom. The predicted octanol–water partition coefficient (Wildman–Crippen LogP) is 4.03. The lowest BCUT2D eigenvalue weighted by Gasteiger charge is -2.39. The summed E-state index contributed by atoms with van der Waals surface area (Å²) in [5.74, 6) is -1.35. The van der Waals surface area contributed by atoms with Crippen LogP contribution in [0, 0.1) is 33.5 Å². The lowest BCUT2D eigenvalue weighted by Crippen LogP contribution is -2.44. The van der Waals surface area contributed by atoms with Gasteiger partial charge in [-0.15, -0.1) is 0 Å². The number of allylic oxidation sites excluding steroid dienone is 1. The van der Waals surface area contributed by atoms with Crippen molar-refractivity contribution in [2.24, 2.45) is 33.5 Å². The van der Waals surface area contributed by atoms with Gasteiger partial charge in [0.25, 0.3) is 20.2 Å². The molecule has 0 heterocycles. The van der Waals surface area contributed by atoms with Gasteiger partial charge in [0, 0.05) is 11.0 Å². The Bertz CT molecular complexity index is 1470. The normalized spacial score (nSPS) is 37.6. The quantitative estimate of drug-likeness (QED) is 0.347. The topological polar surface area (TPSA) is 146 Å². The Hall–Kier alpha value is -1.85. The minimum atomic E-state index is -4.32. The van der Waals surface area contributed by atoms with Crippen molar-refractivity contribution in [2.75, 3.05) is 11.5 Å². The van der Waals surface area contributed by atoms with Gasteiger partial charge in [-0.3, -0.25) is 13.9 Å². The summed E-state index contributed by atoms with van der Waals surface area (Å²) in [6.07, 6.45) is 5.11. The molecule has 1 aromatic rings. The number of aliphatic hydroxyl groups excluding tert-OH is 1. The van der Waals surface area contributed by atoms with Crippen molar-refractivity contribution < 1.29 is 35.8 Å². The summed E-state index contributed by atoms with van der Waals surface area (Å²) in [6.45, 7) is 7.72. The van der Waals surface area contributed by atoms with Crippen LogP contribution in [-0.2, 0) is 25.0 Å². The van der Waals surface area contributed by atoms with Gasteiger partial charge in [-0.05, 0) is 71.1 Å². The van der Waals surface area contributed by atoms with Crippen LogP contribution in [0.5, 0.6) is 0 Å². The smallest absolute Gasteiger partial charge is 0.265 e. The molecule has 38 heavy (non-hydrogen) atoms. The van der Waals surface area contributed by atoms with Crippen molar-refractivity contribution in [1.82, 2.24) is 0 Å². The number of ketones is 1. The molecule has 1 aromatic carbocycles. The van der Waals surface area contributed by atoms with E-state index in [-0.39, 0.29) is 17.6 Å². The number of carbonyl (C=O) groups excluding carboxylic acids is 1. The first kappa shape index (κ1) is 27.7. The van der Waals surface area contributed by atoms with E-state index in [2.05, 4.69) is 0 Å². The summed E-state index contributed by atoms with van der Waals surface area (Å²) in [6, 6.07) is 7.47. The third-order valence-corrected chi connectivity index (χ3v) is 12.5. The fourth-order valence-corrected chi connectivity index (χ4v) is 11.1. The summed E-state index contributed by atoms with van der Waals surface area (Å²) in [5.41, 5.74) is -0.156. The van der Waals surface area contributed by atoms with Gasteiger partial charge in [0.15, 0.2) is 5.78 Å². The van der Waals surface area contributed by atoms with Crippen LogP contribution in [0.3, 0.4) is 0 Å². The molecule has 4 fully saturated rings. The maximum Gasteiger partial charge on any atom is 0.265 e. The van der Waals surface area contributed by atoms with Crippen LogP contribution in [0.4, 0.5) is 0 Å². The molecular weight excluding hydrogens is 528 g/mol. The highest BCUT2D eigenvalue weighted by molar-refractivity contribution is 7.86. The van der Waals surface area contributed by atoms with Crippen molar-refractivity contribution in [1.29, 1.82) is 0 Å². The fraction of sp³-hybridized carbons (Fsp3) is 0.607. The highest BCUT2D eigenvalue weighted by atomic mass is 32.2. The summed E-state index contributed by atoms with van der Waals surface area (Å²) >= 11 is 0. The Morgan fingerprint density at radius 2 is 1.34 bits per heavy atom. The number of benzene rings is 1. The number of aliphatic hydroxyl groups is 1. The van der Waals surface area contributed by atoms with Gasteiger partial charge in [0.05, 0.1) is 23.0 Å². The van der Waals surface area contributed by atoms with E-state index < -0.39 is 59.5 Å². The number of fused-ring (bicyclic) bond motifs is 4. The monoisotopic (exact) mass is 564 g/mol. The molecular formula is C28H36O8S2. The van der Waals surface area contributed by atoms with Crippen LogP contribution in [-0.4, -0.2) is 54.4 Å². The van der Waals surface area contributed by atoms with Crippen LogP contribution < -0.4 is 0 Å². The van der Waals surface area contributed by atoms with E-state index in [9.17, 15) is 35.8 Å². The van der Waals surface area contributed by atoms with Crippen LogP contribution in [0.15, 0.2) is 35.4 Å². The first-order valence-electron chi connectivity index (χ1n) is 13.0.